The van der Waals surface area contributed by atoms with E-state index in [0.717, 1.165) is 11.1 Å². The van der Waals surface area contributed by atoms with Crippen molar-refractivity contribution < 1.29 is 4.79 Å². The van der Waals surface area contributed by atoms with Crippen molar-refractivity contribution in [2.75, 3.05) is 0 Å². The standard InChI is InChI=1S/C17H20N2O/c1-13(15-10-6-3-7-11-15)17(20)19-16(18)12-14-8-4-2-5-9-14/h2-11,13,16H,12,18H2,1H3,(H,19,20). The first-order valence-electron chi connectivity index (χ1n) is 6.81. The highest BCUT2D eigenvalue weighted by Gasteiger charge is 2.17. The number of amides is 1. The van der Waals surface area contributed by atoms with E-state index in [-0.39, 0.29) is 18.0 Å². The lowest BCUT2D eigenvalue weighted by Gasteiger charge is -2.18. The molecular formula is C17H20N2O. The minimum Gasteiger partial charge on any atom is -0.340 e. The third kappa shape index (κ3) is 3.93. The number of nitrogens with one attached hydrogen (secondary N) is 1. The highest BCUT2D eigenvalue weighted by molar-refractivity contribution is 5.83. The van der Waals surface area contributed by atoms with Gasteiger partial charge in [-0.05, 0) is 18.1 Å². The van der Waals surface area contributed by atoms with Crippen LogP contribution in [0.1, 0.15) is 24.0 Å². The lowest BCUT2D eigenvalue weighted by atomic mass is 10.0. The molecule has 0 saturated heterocycles. The van der Waals surface area contributed by atoms with Crippen molar-refractivity contribution in [1.29, 1.82) is 0 Å². The van der Waals surface area contributed by atoms with Crippen LogP contribution in [-0.4, -0.2) is 12.1 Å². The number of benzene rings is 2. The Morgan fingerprint density at radius 3 is 2.20 bits per heavy atom. The number of nitrogens with two attached hydrogens (primary N) is 1. The second-order valence-corrected chi connectivity index (χ2v) is 4.94. The van der Waals surface area contributed by atoms with Crippen LogP contribution in [0.3, 0.4) is 0 Å². The maximum absolute atomic E-state index is 12.2. The van der Waals surface area contributed by atoms with E-state index in [1.54, 1.807) is 0 Å². The zero-order valence-electron chi connectivity index (χ0n) is 11.6. The highest BCUT2D eigenvalue weighted by atomic mass is 16.2. The summed E-state index contributed by atoms with van der Waals surface area (Å²) in [5.74, 6) is -0.238. The second kappa shape index (κ2) is 6.87. The monoisotopic (exact) mass is 268 g/mol. The third-order valence-electron chi connectivity index (χ3n) is 3.32. The summed E-state index contributed by atoms with van der Waals surface area (Å²) < 4.78 is 0. The highest BCUT2D eigenvalue weighted by Crippen LogP contribution is 2.14. The average molecular weight is 268 g/mol. The molecule has 0 saturated carbocycles. The molecule has 2 rings (SSSR count). The summed E-state index contributed by atoms with van der Waals surface area (Å²) in [7, 11) is 0. The quantitative estimate of drug-likeness (QED) is 0.818. The van der Waals surface area contributed by atoms with Crippen molar-refractivity contribution in [2.24, 2.45) is 5.73 Å². The van der Waals surface area contributed by atoms with E-state index in [1.807, 2.05) is 67.6 Å². The summed E-state index contributed by atoms with van der Waals surface area (Å²) in [5.41, 5.74) is 8.11. The Balaban J connectivity index is 1.91. The number of rotatable bonds is 5. The molecule has 0 aliphatic carbocycles. The number of hydrogen-bond acceptors (Lipinski definition) is 2. The van der Waals surface area contributed by atoms with Crippen LogP contribution < -0.4 is 11.1 Å². The van der Waals surface area contributed by atoms with Gasteiger partial charge in [0.05, 0.1) is 12.1 Å². The van der Waals surface area contributed by atoms with Gasteiger partial charge in [-0.3, -0.25) is 4.79 Å². The van der Waals surface area contributed by atoms with E-state index in [1.165, 1.54) is 0 Å². The molecule has 2 aromatic rings. The van der Waals surface area contributed by atoms with Crippen LogP contribution in [0, 0.1) is 0 Å². The Hall–Kier alpha value is -2.13. The minimum absolute atomic E-state index is 0.0420. The van der Waals surface area contributed by atoms with Crippen LogP contribution in [0.5, 0.6) is 0 Å². The van der Waals surface area contributed by atoms with Crippen molar-refractivity contribution in [1.82, 2.24) is 5.32 Å². The molecule has 0 radical (unpaired) electrons. The minimum atomic E-state index is -0.365. The Bertz CT molecular complexity index is 539. The van der Waals surface area contributed by atoms with Crippen LogP contribution >= 0.6 is 0 Å². The molecule has 2 aromatic carbocycles. The molecule has 0 fully saturated rings. The van der Waals surface area contributed by atoms with Crippen molar-refractivity contribution in [3.05, 3.63) is 71.8 Å². The Labute approximate surface area is 119 Å². The van der Waals surface area contributed by atoms with Crippen molar-refractivity contribution in [3.63, 3.8) is 0 Å². The van der Waals surface area contributed by atoms with Gasteiger partial charge in [-0.2, -0.15) is 0 Å². The number of hydrogen-bond donors (Lipinski definition) is 2. The summed E-state index contributed by atoms with van der Waals surface area (Å²) >= 11 is 0. The first-order valence-corrected chi connectivity index (χ1v) is 6.81. The molecule has 0 aromatic heterocycles. The molecule has 0 bridgehead atoms. The summed E-state index contributed by atoms with van der Waals surface area (Å²) in [6, 6.07) is 19.6. The maximum Gasteiger partial charge on any atom is 0.228 e. The summed E-state index contributed by atoms with van der Waals surface area (Å²) in [6.07, 6.45) is 0.268. The van der Waals surface area contributed by atoms with Gasteiger partial charge in [0.2, 0.25) is 5.91 Å². The molecule has 0 aliphatic heterocycles. The Morgan fingerprint density at radius 1 is 1.05 bits per heavy atom. The molecule has 104 valence electrons. The smallest absolute Gasteiger partial charge is 0.228 e. The van der Waals surface area contributed by atoms with Crippen LogP contribution in [0.2, 0.25) is 0 Å². The molecule has 2 unspecified atom stereocenters. The van der Waals surface area contributed by atoms with Gasteiger partial charge in [-0.15, -0.1) is 0 Å². The average Bonchev–Trinajstić information content (AvgIpc) is 2.48. The molecule has 0 aliphatic rings. The molecule has 0 heterocycles. The fraction of sp³-hybridized carbons (Fsp3) is 0.235. The van der Waals surface area contributed by atoms with E-state index < -0.39 is 0 Å². The Morgan fingerprint density at radius 2 is 1.60 bits per heavy atom. The molecule has 1 amide bonds. The first-order chi connectivity index (χ1) is 9.66. The van der Waals surface area contributed by atoms with E-state index in [9.17, 15) is 4.79 Å². The van der Waals surface area contributed by atoms with Gasteiger partial charge in [0.25, 0.3) is 0 Å². The molecular weight excluding hydrogens is 248 g/mol. The largest absolute Gasteiger partial charge is 0.340 e. The van der Waals surface area contributed by atoms with E-state index in [4.69, 9.17) is 5.73 Å². The van der Waals surface area contributed by atoms with Gasteiger partial charge in [-0.1, -0.05) is 60.7 Å². The molecule has 0 spiro atoms. The predicted molar refractivity (Wildman–Crippen MR) is 81.1 cm³/mol. The van der Waals surface area contributed by atoms with Crippen LogP contribution in [0.25, 0.3) is 0 Å². The lowest BCUT2D eigenvalue weighted by Crippen LogP contribution is -2.44. The van der Waals surface area contributed by atoms with Gasteiger partial charge in [0.1, 0.15) is 0 Å². The normalized spacial score (nSPS) is 13.5. The lowest BCUT2D eigenvalue weighted by molar-refractivity contribution is -0.122. The number of carbonyl (C=O) groups excluding carboxylic acids is 1. The van der Waals surface area contributed by atoms with Gasteiger partial charge in [-0.25, -0.2) is 0 Å². The third-order valence-corrected chi connectivity index (χ3v) is 3.32. The maximum atomic E-state index is 12.2. The number of carbonyl (C=O) groups is 1. The molecule has 2 atom stereocenters. The molecule has 3 nitrogen and oxygen atoms in total. The fourth-order valence-electron chi connectivity index (χ4n) is 2.12. The van der Waals surface area contributed by atoms with Gasteiger partial charge >= 0.3 is 0 Å². The predicted octanol–water partition coefficient (Wildman–Crippen LogP) is 2.43. The van der Waals surface area contributed by atoms with Crippen molar-refractivity contribution in [2.45, 2.75) is 25.4 Å². The van der Waals surface area contributed by atoms with E-state index in [0.29, 0.717) is 6.42 Å². The topological polar surface area (TPSA) is 55.1 Å². The van der Waals surface area contributed by atoms with Crippen LogP contribution in [0.4, 0.5) is 0 Å². The zero-order chi connectivity index (χ0) is 14.4. The molecule has 20 heavy (non-hydrogen) atoms. The van der Waals surface area contributed by atoms with E-state index >= 15 is 0 Å². The summed E-state index contributed by atoms with van der Waals surface area (Å²) in [4.78, 5) is 12.2. The Kier molecular flexibility index (Phi) is 4.91. The molecule has 3 N–H and O–H groups in total. The SMILES string of the molecule is CC(C(=O)NC(N)Cc1ccccc1)c1ccccc1. The second-order valence-electron chi connectivity index (χ2n) is 4.94. The first kappa shape index (κ1) is 14.3. The van der Waals surface area contributed by atoms with Crippen molar-refractivity contribution in [3.8, 4) is 0 Å². The van der Waals surface area contributed by atoms with E-state index in [2.05, 4.69) is 5.32 Å². The molecule has 3 heteroatoms. The van der Waals surface area contributed by atoms with Crippen molar-refractivity contribution >= 4 is 5.91 Å². The van der Waals surface area contributed by atoms with Gasteiger partial charge < -0.3 is 11.1 Å². The van der Waals surface area contributed by atoms with Gasteiger partial charge in [0.15, 0.2) is 0 Å². The van der Waals surface area contributed by atoms with Crippen LogP contribution in [-0.2, 0) is 11.2 Å². The summed E-state index contributed by atoms with van der Waals surface area (Å²) in [6.45, 7) is 1.89. The van der Waals surface area contributed by atoms with Crippen LogP contribution in [0.15, 0.2) is 60.7 Å². The zero-order valence-corrected chi connectivity index (χ0v) is 11.6. The van der Waals surface area contributed by atoms with Gasteiger partial charge in [0, 0.05) is 6.42 Å². The fourth-order valence-corrected chi connectivity index (χ4v) is 2.12. The summed E-state index contributed by atoms with van der Waals surface area (Å²) in [5, 5.41) is 2.87.